The normalized spacial score (nSPS) is 12.3. The lowest BCUT2D eigenvalue weighted by atomic mass is 10.1. The van der Waals surface area contributed by atoms with E-state index in [0.29, 0.717) is 15.6 Å². The van der Waals surface area contributed by atoms with Crippen molar-refractivity contribution in [3.63, 3.8) is 0 Å². The van der Waals surface area contributed by atoms with Crippen LogP contribution < -0.4 is 5.73 Å². The number of carbonyl (C=O) groups is 1. The second-order valence-corrected chi connectivity index (χ2v) is 3.49. The fourth-order valence-corrected chi connectivity index (χ4v) is 1.28. The largest absolute Gasteiger partial charge is 0.468 e. The van der Waals surface area contributed by atoms with Crippen molar-refractivity contribution in [1.29, 1.82) is 0 Å². The highest BCUT2D eigenvalue weighted by atomic mass is 35.5. The topological polar surface area (TPSA) is 52.3 Å². The molecule has 1 rings (SSSR count). The van der Waals surface area contributed by atoms with Gasteiger partial charge < -0.3 is 10.5 Å². The molecule has 5 heteroatoms. The third kappa shape index (κ3) is 2.38. The van der Waals surface area contributed by atoms with Crippen molar-refractivity contribution >= 4 is 29.2 Å². The average molecular weight is 234 g/mol. The summed E-state index contributed by atoms with van der Waals surface area (Å²) in [4.78, 5) is 11.1. The van der Waals surface area contributed by atoms with E-state index in [-0.39, 0.29) is 0 Å². The summed E-state index contributed by atoms with van der Waals surface area (Å²) in [5.74, 6) is -0.511. The van der Waals surface area contributed by atoms with Crippen LogP contribution in [0.15, 0.2) is 18.2 Å². The Morgan fingerprint density at radius 2 is 2.07 bits per heavy atom. The van der Waals surface area contributed by atoms with Crippen LogP contribution in [0.2, 0.25) is 10.0 Å². The van der Waals surface area contributed by atoms with E-state index in [4.69, 9.17) is 28.9 Å². The van der Waals surface area contributed by atoms with Gasteiger partial charge in [-0.2, -0.15) is 0 Å². The van der Waals surface area contributed by atoms with E-state index in [2.05, 4.69) is 4.74 Å². The van der Waals surface area contributed by atoms with E-state index in [1.165, 1.54) is 7.11 Å². The fraction of sp³-hybridized carbons (Fsp3) is 0.222. The summed E-state index contributed by atoms with van der Waals surface area (Å²) in [5.41, 5.74) is 6.17. The maximum Gasteiger partial charge on any atom is 0.327 e. The van der Waals surface area contributed by atoms with Gasteiger partial charge in [0.05, 0.1) is 17.2 Å². The zero-order chi connectivity index (χ0) is 10.7. The van der Waals surface area contributed by atoms with E-state index in [1.54, 1.807) is 18.2 Å². The van der Waals surface area contributed by atoms with Gasteiger partial charge in [-0.25, -0.2) is 0 Å². The lowest BCUT2D eigenvalue weighted by Gasteiger charge is -2.09. The number of ether oxygens (including phenoxy) is 1. The molecule has 1 aromatic carbocycles. The number of esters is 1. The SMILES string of the molecule is COC(=O)[C@H](N)c1ccc(Cl)c(Cl)c1. The van der Waals surface area contributed by atoms with Crippen molar-refractivity contribution in [2.75, 3.05) is 7.11 Å². The molecule has 3 nitrogen and oxygen atoms in total. The second kappa shape index (κ2) is 4.64. The first-order valence-electron chi connectivity index (χ1n) is 3.84. The number of hydrogen-bond acceptors (Lipinski definition) is 3. The Morgan fingerprint density at radius 1 is 1.43 bits per heavy atom. The third-order valence-corrected chi connectivity index (χ3v) is 2.50. The molecule has 0 heterocycles. The molecule has 0 aliphatic carbocycles. The molecular weight excluding hydrogens is 225 g/mol. The summed E-state index contributed by atoms with van der Waals surface area (Å²) in [6.07, 6.45) is 0. The molecule has 1 atom stereocenters. The fourth-order valence-electron chi connectivity index (χ4n) is 0.969. The minimum atomic E-state index is -0.824. The van der Waals surface area contributed by atoms with Gasteiger partial charge in [0, 0.05) is 0 Å². The monoisotopic (exact) mass is 233 g/mol. The van der Waals surface area contributed by atoms with Gasteiger partial charge in [0.15, 0.2) is 0 Å². The van der Waals surface area contributed by atoms with Crippen molar-refractivity contribution in [3.05, 3.63) is 33.8 Å². The number of benzene rings is 1. The van der Waals surface area contributed by atoms with Crippen LogP contribution in [0.3, 0.4) is 0 Å². The highest BCUT2D eigenvalue weighted by Crippen LogP contribution is 2.25. The van der Waals surface area contributed by atoms with E-state index < -0.39 is 12.0 Å². The second-order valence-electron chi connectivity index (χ2n) is 2.67. The van der Waals surface area contributed by atoms with Gasteiger partial charge >= 0.3 is 5.97 Å². The number of methoxy groups -OCH3 is 1. The first kappa shape index (κ1) is 11.3. The summed E-state index contributed by atoms with van der Waals surface area (Å²) in [6, 6.07) is 3.94. The standard InChI is InChI=1S/C9H9Cl2NO2/c1-14-9(13)8(12)5-2-3-6(10)7(11)4-5/h2-4,8H,12H2,1H3/t8-/m1/s1. The van der Waals surface area contributed by atoms with Crippen molar-refractivity contribution in [1.82, 2.24) is 0 Å². The van der Waals surface area contributed by atoms with E-state index >= 15 is 0 Å². The molecule has 0 unspecified atom stereocenters. The maximum absolute atomic E-state index is 11.1. The molecule has 0 aliphatic rings. The van der Waals surface area contributed by atoms with Crippen molar-refractivity contribution in [2.45, 2.75) is 6.04 Å². The first-order chi connectivity index (χ1) is 6.56. The zero-order valence-corrected chi connectivity index (χ0v) is 8.97. The Morgan fingerprint density at radius 3 is 2.57 bits per heavy atom. The maximum atomic E-state index is 11.1. The molecule has 0 bridgehead atoms. The predicted octanol–water partition coefficient (Wildman–Crippen LogP) is 2.17. The smallest absolute Gasteiger partial charge is 0.327 e. The van der Waals surface area contributed by atoms with Crippen LogP contribution in [0.4, 0.5) is 0 Å². The van der Waals surface area contributed by atoms with Gasteiger partial charge in [-0.1, -0.05) is 29.3 Å². The number of halogens is 2. The summed E-state index contributed by atoms with van der Waals surface area (Å²) >= 11 is 11.5. The van der Waals surface area contributed by atoms with E-state index in [0.717, 1.165) is 0 Å². The van der Waals surface area contributed by atoms with Crippen LogP contribution in [0.5, 0.6) is 0 Å². The molecule has 2 N–H and O–H groups in total. The quantitative estimate of drug-likeness (QED) is 0.797. The summed E-state index contributed by atoms with van der Waals surface area (Å²) in [5, 5.41) is 0.788. The molecule has 0 amide bonds. The van der Waals surface area contributed by atoms with E-state index in [9.17, 15) is 4.79 Å². The Labute approximate surface area is 91.7 Å². The minimum Gasteiger partial charge on any atom is -0.468 e. The molecule has 0 aliphatic heterocycles. The van der Waals surface area contributed by atoms with Gasteiger partial charge in [0.1, 0.15) is 6.04 Å². The number of rotatable bonds is 2. The molecule has 0 aromatic heterocycles. The van der Waals surface area contributed by atoms with Gasteiger partial charge in [-0.15, -0.1) is 0 Å². The number of carbonyl (C=O) groups excluding carboxylic acids is 1. The highest BCUT2D eigenvalue weighted by molar-refractivity contribution is 6.42. The third-order valence-electron chi connectivity index (χ3n) is 1.76. The Kier molecular flexibility index (Phi) is 3.75. The van der Waals surface area contributed by atoms with Gasteiger partial charge in [0.25, 0.3) is 0 Å². The molecule has 0 fully saturated rings. The van der Waals surface area contributed by atoms with Crippen LogP contribution in [0.1, 0.15) is 11.6 Å². The van der Waals surface area contributed by atoms with Crippen LogP contribution in [-0.4, -0.2) is 13.1 Å². The summed E-state index contributed by atoms with van der Waals surface area (Å²) < 4.78 is 4.50. The van der Waals surface area contributed by atoms with Crippen molar-refractivity contribution in [3.8, 4) is 0 Å². The number of hydrogen-bond donors (Lipinski definition) is 1. The lowest BCUT2D eigenvalue weighted by molar-refractivity contribution is -0.142. The molecule has 14 heavy (non-hydrogen) atoms. The average Bonchev–Trinajstić information content (AvgIpc) is 2.20. The molecule has 0 radical (unpaired) electrons. The van der Waals surface area contributed by atoms with Gasteiger partial charge in [-0.3, -0.25) is 4.79 Å². The predicted molar refractivity (Wildman–Crippen MR) is 55.4 cm³/mol. The molecule has 1 aromatic rings. The van der Waals surface area contributed by atoms with Crippen molar-refractivity contribution < 1.29 is 9.53 Å². The lowest BCUT2D eigenvalue weighted by Crippen LogP contribution is -2.22. The molecular formula is C9H9Cl2NO2. The Hall–Kier alpha value is -0.770. The highest BCUT2D eigenvalue weighted by Gasteiger charge is 2.16. The molecule has 76 valence electrons. The molecule has 0 saturated carbocycles. The van der Waals surface area contributed by atoms with Crippen molar-refractivity contribution in [2.24, 2.45) is 5.73 Å². The van der Waals surface area contributed by atoms with Crippen LogP contribution in [-0.2, 0) is 9.53 Å². The van der Waals surface area contributed by atoms with Crippen LogP contribution >= 0.6 is 23.2 Å². The first-order valence-corrected chi connectivity index (χ1v) is 4.60. The van der Waals surface area contributed by atoms with Crippen LogP contribution in [0.25, 0.3) is 0 Å². The number of nitrogens with two attached hydrogens (primary N) is 1. The molecule has 0 spiro atoms. The molecule has 0 saturated heterocycles. The minimum absolute atomic E-state index is 0.364. The Bertz CT molecular complexity index is 355. The Balaban J connectivity index is 2.96. The summed E-state index contributed by atoms with van der Waals surface area (Å²) in [6.45, 7) is 0. The summed E-state index contributed by atoms with van der Waals surface area (Å²) in [7, 11) is 1.28. The zero-order valence-electron chi connectivity index (χ0n) is 7.46. The van der Waals surface area contributed by atoms with Gasteiger partial charge in [0.2, 0.25) is 0 Å². The van der Waals surface area contributed by atoms with E-state index in [1.807, 2.05) is 0 Å². The van der Waals surface area contributed by atoms with Crippen LogP contribution in [0, 0.1) is 0 Å². The van der Waals surface area contributed by atoms with Gasteiger partial charge in [-0.05, 0) is 17.7 Å².